The molecule has 1 aliphatic rings. The second kappa shape index (κ2) is 5.21. The Morgan fingerprint density at radius 3 is 2.79 bits per heavy atom. The summed E-state index contributed by atoms with van der Waals surface area (Å²) in [5, 5.41) is 9.34. The summed E-state index contributed by atoms with van der Waals surface area (Å²) in [7, 11) is -1.35. The van der Waals surface area contributed by atoms with Gasteiger partial charge in [-0.15, -0.1) is 0 Å². The fraction of sp³-hybridized carbons (Fsp3) is 0.462. The number of phenolic OH excluding ortho intramolecular Hbond substituents is 1. The van der Waals surface area contributed by atoms with E-state index >= 15 is 0 Å². The summed E-state index contributed by atoms with van der Waals surface area (Å²) in [5.41, 5.74) is 0.720. The molecule has 5 nitrogen and oxygen atoms in total. The van der Waals surface area contributed by atoms with Gasteiger partial charge in [0.05, 0.1) is 17.9 Å². The number of carbonyl (C=O) groups is 1. The van der Waals surface area contributed by atoms with E-state index in [4.69, 9.17) is 0 Å². The van der Waals surface area contributed by atoms with Gasteiger partial charge in [-0.1, -0.05) is 12.1 Å². The predicted molar refractivity (Wildman–Crippen MR) is 71.6 cm³/mol. The zero-order valence-electron chi connectivity index (χ0n) is 10.7. The van der Waals surface area contributed by atoms with E-state index in [9.17, 15) is 18.3 Å². The van der Waals surface area contributed by atoms with Crippen LogP contribution >= 0.6 is 0 Å². The minimum Gasteiger partial charge on any atom is -0.508 e. The molecule has 1 aromatic carbocycles. The maximum Gasteiger partial charge on any atom is 0.227 e. The van der Waals surface area contributed by atoms with Crippen LogP contribution in [-0.4, -0.2) is 48.9 Å². The predicted octanol–water partition coefficient (Wildman–Crippen LogP) is 0.580. The van der Waals surface area contributed by atoms with Gasteiger partial charge in [0.1, 0.15) is 5.75 Å². The van der Waals surface area contributed by atoms with Crippen LogP contribution in [0.5, 0.6) is 5.75 Å². The average Bonchev–Trinajstić information content (AvgIpc) is 2.68. The molecule has 0 spiro atoms. The van der Waals surface area contributed by atoms with Crippen LogP contribution in [0.25, 0.3) is 0 Å². The number of benzene rings is 1. The molecular weight excluding hydrogens is 266 g/mol. The first-order chi connectivity index (χ1) is 8.87. The van der Waals surface area contributed by atoms with Crippen molar-refractivity contribution in [2.75, 3.05) is 18.6 Å². The Hall–Kier alpha value is -1.56. The molecule has 1 atom stereocenters. The van der Waals surface area contributed by atoms with Crippen LogP contribution in [0.3, 0.4) is 0 Å². The van der Waals surface area contributed by atoms with Gasteiger partial charge in [0.2, 0.25) is 5.91 Å². The molecule has 19 heavy (non-hydrogen) atoms. The third-order valence-electron chi connectivity index (χ3n) is 3.42. The third-order valence-corrected chi connectivity index (χ3v) is 5.17. The molecule has 2 rings (SSSR count). The molecule has 1 saturated heterocycles. The van der Waals surface area contributed by atoms with Gasteiger partial charge in [-0.3, -0.25) is 4.79 Å². The van der Waals surface area contributed by atoms with Crippen molar-refractivity contribution in [2.24, 2.45) is 0 Å². The average molecular weight is 283 g/mol. The molecule has 1 aromatic rings. The van der Waals surface area contributed by atoms with Gasteiger partial charge in [0.25, 0.3) is 0 Å². The molecule has 0 aromatic heterocycles. The summed E-state index contributed by atoms with van der Waals surface area (Å²) >= 11 is 0. The van der Waals surface area contributed by atoms with E-state index in [-0.39, 0.29) is 35.6 Å². The minimum absolute atomic E-state index is 0.0509. The molecule has 1 N–H and O–H groups in total. The van der Waals surface area contributed by atoms with Gasteiger partial charge < -0.3 is 10.0 Å². The first-order valence-corrected chi connectivity index (χ1v) is 7.93. The summed E-state index contributed by atoms with van der Waals surface area (Å²) in [6, 6.07) is 6.29. The number of carbonyl (C=O) groups excluding carboxylic acids is 1. The molecule has 0 radical (unpaired) electrons. The molecule has 1 unspecified atom stereocenters. The van der Waals surface area contributed by atoms with Gasteiger partial charge in [-0.25, -0.2) is 8.42 Å². The largest absolute Gasteiger partial charge is 0.508 e. The highest BCUT2D eigenvalue weighted by Crippen LogP contribution is 2.18. The van der Waals surface area contributed by atoms with E-state index < -0.39 is 9.84 Å². The number of amides is 1. The molecule has 0 aliphatic carbocycles. The number of hydrogen-bond acceptors (Lipinski definition) is 4. The lowest BCUT2D eigenvalue weighted by atomic mass is 10.1. The number of rotatable bonds is 3. The van der Waals surface area contributed by atoms with Gasteiger partial charge in [0.15, 0.2) is 9.84 Å². The zero-order chi connectivity index (χ0) is 14.0. The van der Waals surface area contributed by atoms with Crippen LogP contribution in [0, 0.1) is 0 Å². The standard InChI is InChI=1S/C13H17NO4S/c1-14(11-5-6-19(17,18)9-11)13(16)8-10-3-2-4-12(15)7-10/h2-4,7,11,15H,5-6,8-9H2,1H3. The van der Waals surface area contributed by atoms with E-state index in [0.717, 1.165) is 5.56 Å². The lowest BCUT2D eigenvalue weighted by molar-refractivity contribution is -0.130. The Morgan fingerprint density at radius 2 is 2.21 bits per heavy atom. The van der Waals surface area contributed by atoms with Crippen molar-refractivity contribution in [2.45, 2.75) is 18.9 Å². The van der Waals surface area contributed by atoms with E-state index in [1.807, 2.05) is 0 Å². The van der Waals surface area contributed by atoms with Crippen molar-refractivity contribution >= 4 is 15.7 Å². The number of nitrogens with zero attached hydrogens (tertiary/aromatic N) is 1. The van der Waals surface area contributed by atoms with Gasteiger partial charge >= 0.3 is 0 Å². The highest BCUT2D eigenvalue weighted by Gasteiger charge is 2.32. The van der Waals surface area contributed by atoms with Crippen molar-refractivity contribution in [3.63, 3.8) is 0 Å². The quantitative estimate of drug-likeness (QED) is 0.880. The maximum absolute atomic E-state index is 12.1. The minimum atomic E-state index is -2.99. The Kier molecular flexibility index (Phi) is 3.80. The van der Waals surface area contributed by atoms with Crippen LogP contribution in [0.1, 0.15) is 12.0 Å². The van der Waals surface area contributed by atoms with Crippen LogP contribution in [-0.2, 0) is 21.1 Å². The molecule has 6 heteroatoms. The highest BCUT2D eigenvalue weighted by atomic mass is 32.2. The summed E-state index contributed by atoms with van der Waals surface area (Å²) in [6.07, 6.45) is 0.673. The molecular formula is C13H17NO4S. The molecule has 0 saturated carbocycles. The van der Waals surface area contributed by atoms with E-state index in [1.54, 1.807) is 25.2 Å². The van der Waals surface area contributed by atoms with Crippen molar-refractivity contribution in [3.05, 3.63) is 29.8 Å². The number of sulfone groups is 1. The fourth-order valence-corrected chi connectivity index (χ4v) is 4.02. The summed E-state index contributed by atoms with van der Waals surface area (Å²) in [4.78, 5) is 13.6. The normalized spacial score (nSPS) is 21.2. The molecule has 1 amide bonds. The van der Waals surface area contributed by atoms with Gasteiger partial charge in [-0.05, 0) is 24.1 Å². The summed E-state index contributed by atoms with van der Waals surface area (Å²) in [6.45, 7) is 0. The Morgan fingerprint density at radius 1 is 1.47 bits per heavy atom. The lowest BCUT2D eigenvalue weighted by Gasteiger charge is -2.23. The summed E-state index contributed by atoms with van der Waals surface area (Å²) < 4.78 is 22.8. The number of aromatic hydroxyl groups is 1. The SMILES string of the molecule is CN(C(=O)Cc1cccc(O)c1)C1CCS(=O)(=O)C1. The van der Waals surface area contributed by atoms with Crippen LogP contribution in [0.4, 0.5) is 0 Å². The van der Waals surface area contributed by atoms with Crippen LogP contribution in [0.15, 0.2) is 24.3 Å². The van der Waals surface area contributed by atoms with Crippen LogP contribution < -0.4 is 0 Å². The zero-order valence-corrected chi connectivity index (χ0v) is 11.6. The van der Waals surface area contributed by atoms with Crippen molar-refractivity contribution in [3.8, 4) is 5.75 Å². The van der Waals surface area contributed by atoms with E-state index in [2.05, 4.69) is 0 Å². The smallest absolute Gasteiger partial charge is 0.227 e. The monoisotopic (exact) mass is 283 g/mol. The number of likely N-dealkylation sites (N-methyl/N-ethyl adjacent to an activating group) is 1. The molecule has 1 aliphatic heterocycles. The van der Waals surface area contributed by atoms with E-state index in [0.29, 0.717) is 6.42 Å². The molecule has 104 valence electrons. The van der Waals surface area contributed by atoms with Crippen molar-refractivity contribution < 1.29 is 18.3 Å². The Balaban J connectivity index is 2.00. The highest BCUT2D eigenvalue weighted by molar-refractivity contribution is 7.91. The molecule has 1 fully saturated rings. The Labute approximate surface area is 112 Å². The Bertz CT molecular complexity index is 582. The van der Waals surface area contributed by atoms with Crippen molar-refractivity contribution in [1.29, 1.82) is 0 Å². The summed E-state index contributed by atoms with van der Waals surface area (Å²) in [5.74, 6) is 0.195. The fourth-order valence-electron chi connectivity index (χ4n) is 2.25. The van der Waals surface area contributed by atoms with Crippen molar-refractivity contribution in [1.82, 2.24) is 4.90 Å². The van der Waals surface area contributed by atoms with Gasteiger partial charge in [-0.2, -0.15) is 0 Å². The molecule has 0 bridgehead atoms. The third kappa shape index (κ3) is 3.47. The lowest BCUT2D eigenvalue weighted by Crippen LogP contribution is -2.38. The molecule has 1 heterocycles. The number of hydrogen-bond donors (Lipinski definition) is 1. The van der Waals surface area contributed by atoms with E-state index in [1.165, 1.54) is 11.0 Å². The first-order valence-electron chi connectivity index (χ1n) is 6.11. The van der Waals surface area contributed by atoms with Gasteiger partial charge in [0, 0.05) is 13.1 Å². The number of phenols is 1. The topological polar surface area (TPSA) is 74.7 Å². The van der Waals surface area contributed by atoms with Crippen LogP contribution in [0.2, 0.25) is 0 Å². The maximum atomic E-state index is 12.1. The first kappa shape index (κ1) is 13.9. The second-order valence-electron chi connectivity index (χ2n) is 4.91. The second-order valence-corrected chi connectivity index (χ2v) is 7.14.